The third-order valence-corrected chi connectivity index (χ3v) is 4.56. The van der Waals surface area contributed by atoms with Crippen LogP contribution in [0.3, 0.4) is 0 Å². The van der Waals surface area contributed by atoms with Gasteiger partial charge in [-0.05, 0) is 30.1 Å². The van der Waals surface area contributed by atoms with Gasteiger partial charge in [0.05, 0.1) is 0 Å². The molecule has 0 heteroatoms. The molecule has 20 heavy (non-hydrogen) atoms. The Morgan fingerprint density at radius 3 is 1.45 bits per heavy atom. The van der Waals surface area contributed by atoms with Crippen LogP contribution in [0.15, 0.2) is 6.08 Å². The van der Waals surface area contributed by atoms with Crippen LogP contribution in [-0.4, -0.2) is 0 Å². The van der Waals surface area contributed by atoms with Crippen LogP contribution in [0, 0.1) is 30.3 Å². The van der Waals surface area contributed by atoms with Crippen molar-refractivity contribution in [1.82, 2.24) is 0 Å². The number of allylic oxidation sites excluding steroid dienone is 1. The van der Waals surface area contributed by atoms with Gasteiger partial charge in [0, 0.05) is 0 Å². The quantitative estimate of drug-likeness (QED) is 0.339. The maximum Gasteiger partial charge on any atom is -0.0259 e. The van der Waals surface area contributed by atoms with Crippen LogP contribution < -0.4 is 0 Å². The van der Waals surface area contributed by atoms with E-state index in [4.69, 9.17) is 6.58 Å². The molecule has 0 saturated heterocycles. The first kappa shape index (κ1) is 19.7. The monoisotopic (exact) mass is 279 g/mol. The first-order valence-electron chi connectivity index (χ1n) is 9.00. The summed E-state index contributed by atoms with van der Waals surface area (Å²) in [7, 11) is 0. The summed E-state index contributed by atoms with van der Waals surface area (Å²) >= 11 is 0. The van der Waals surface area contributed by atoms with Crippen molar-refractivity contribution >= 4 is 0 Å². The summed E-state index contributed by atoms with van der Waals surface area (Å²) in [5.74, 6) is 3.27. The van der Waals surface area contributed by atoms with Gasteiger partial charge in [0.15, 0.2) is 0 Å². The summed E-state index contributed by atoms with van der Waals surface area (Å²) < 4.78 is 0. The molecule has 0 nitrogen and oxygen atoms in total. The van der Waals surface area contributed by atoms with E-state index in [2.05, 4.69) is 34.6 Å². The van der Waals surface area contributed by atoms with Crippen LogP contribution in [0.25, 0.3) is 0 Å². The van der Waals surface area contributed by atoms with Crippen LogP contribution in [0.5, 0.6) is 0 Å². The number of hydrogen-bond acceptors (Lipinski definition) is 0. The van der Waals surface area contributed by atoms with Gasteiger partial charge >= 0.3 is 0 Å². The van der Waals surface area contributed by atoms with Gasteiger partial charge < -0.3 is 0 Å². The molecule has 3 atom stereocenters. The summed E-state index contributed by atoms with van der Waals surface area (Å²) in [6, 6.07) is 0. The van der Waals surface area contributed by atoms with Crippen molar-refractivity contribution in [3.8, 4) is 0 Å². The second-order valence-corrected chi connectivity index (χ2v) is 7.57. The molecule has 0 aromatic rings. The maximum atomic E-state index is 5.54. The standard InChI is InChI=1S/C20H39/c1-7-18(4)12-9-14-20(6)16-10-15-19(5)13-8-11-17(2)3/h1,7,17-20H,8-16H2,2-6H3. The lowest BCUT2D eigenvalue weighted by atomic mass is 9.91. The predicted molar refractivity (Wildman–Crippen MR) is 92.8 cm³/mol. The van der Waals surface area contributed by atoms with Crippen molar-refractivity contribution in [2.24, 2.45) is 23.7 Å². The molecule has 0 fully saturated rings. The van der Waals surface area contributed by atoms with Crippen molar-refractivity contribution in [3.63, 3.8) is 0 Å². The topological polar surface area (TPSA) is 0 Å². The highest BCUT2D eigenvalue weighted by Gasteiger charge is 2.07. The third kappa shape index (κ3) is 12.8. The van der Waals surface area contributed by atoms with Gasteiger partial charge in [-0.15, -0.1) is 0 Å². The van der Waals surface area contributed by atoms with Crippen molar-refractivity contribution < 1.29 is 0 Å². The van der Waals surface area contributed by atoms with Crippen LogP contribution in [0.4, 0.5) is 0 Å². The molecule has 0 rings (SSSR count). The first-order valence-corrected chi connectivity index (χ1v) is 9.00. The Morgan fingerprint density at radius 2 is 1.05 bits per heavy atom. The average molecular weight is 280 g/mol. The molecule has 0 amide bonds. The first-order chi connectivity index (χ1) is 9.45. The molecule has 0 spiro atoms. The van der Waals surface area contributed by atoms with Gasteiger partial charge in [-0.1, -0.05) is 98.6 Å². The Balaban J connectivity index is 3.45. The Morgan fingerprint density at radius 1 is 0.650 bits per heavy atom. The normalized spacial score (nSPS) is 16.1. The zero-order valence-corrected chi connectivity index (χ0v) is 14.8. The zero-order chi connectivity index (χ0) is 15.4. The number of hydrogen-bond donors (Lipinski definition) is 0. The lowest BCUT2D eigenvalue weighted by Crippen LogP contribution is -2.00. The van der Waals surface area contributed by atoms with E-state index in [9.17, 15) is 0 Å². The zero-order valence-electron chi connectivity index (χ0n) is 14.8. The van der Waals surface area contributed by atoms with Gasteiger partial charge in [0.1, 0.15) is 0 Å². The molecule has 119 valence electrons. The SMILES string of the molecule is [CH]=CC(C)CCCC(C)CCCC(C)CCCC(C)C. The van der Waals surface area contributed by atoms with Crippen LogP contribution >= 0.6 is 0 Å². The van der Waals surface area contributed by atoms with Crippen LogP contribution in [0.1, 0.15) is 92.4 Å². The van der Waals surface area contributed by atoms with Gasteiger partial charge in [-0.3, -0.25) is 0 Å². The summed E-state index contributed by atoms with van der Waals surface area (Å²) in [6.45, 7) is 17.3. The molecule has 0 heterocycles. The Labute approximate surface area is 129 Å². The minimum absolute atomic E-state index is 0.586. The Bertz CT molecular complexity index is 216. The lowest BCUT2D eigenvalue weighted by molar-refractivity contribution is 0.383. The van der Waals surface area contributed by atoms with E-state index in [1.807, 2.05) is 6.08 Å². The average Bonchev–Trinajstić information content (AvgIpc) is 2.38. The molecule has 0 aliphatic rings. The van der Waals surface area contributed by atoms with Gasteiger partial charge in [0.25, 0.3) is 0 Å². The van der Waals surface area contributed by atoms with E-state index in [1.54, 1.807) is 0 Å². The van der Waals surface area contributed by atoms with Crippen molar-refractivity contribution in [2.75, 3.05) is 0 Å². The molecule has 0 aromatic carbocycles. The van der Waals surface area contributed by atoms with Gasteiger partial charge in [-0.2, -0.15) is 0 Å². The molecule has 0 N–H and O–H groups in total. The second kappa shape index (κ2) is 12.5. The summed E-state index contributed by atoms with van der Waals surface area (Å²) in [5, 5.41) is 0. The third-order valence-electron chi connectivity index (χ3n) is 4.56. The molecule has 0 bridgehead atoms. The number of rotatable bonds is 13. The molecule has 0 aliphatic carbocycles. The van der Waals surface area contributed by atoms with Gasteiger partial charge in [0.2, 0.25) is 0 Å². The van der Waals surface area contributed by atoms with E-state index < -0.39 is 0 Å². The van der Waals surface area contributed by atoms with Crippen molar-refractivity contribution in [3.05, 3.63) is 12.7 Å². The molecule has 0 saturated carbocycles. The van der Waals surface area contributed by atoms with Crippen molar-refractivity contribution in [2.45, 2.75) is 92.4 Å². The highest BCUT2D eigenvalue weighted by Crippen LogP contribution is 2.22. The molecule has 3 unspecified atom stereocenters. The summed E-state index contributed by atoms with van der Waals surface area (Å²) in [4.78, 5) is 0. The molecular weight excluding hydrogens is 240 g/mol. The molecule has 1 radical (unpaired) electrons. The highest BCUT2D eigenvalue weighted by atomic mass is 14.1. The fraction of sp³-hybridized carbons (Fsp3) is 0.900. The minimum atomic E-state index is 0.586. The van der Waals surface area contributed by atoms with E-state index >= 15 is 0 Å². The van der Waals surface area contributed by atoms with Crippen LogP contribution in [-0.2, 0) is 0 Å². The molecule has 0 aliphatic heterocycles. The van der Waals surface area contributed by atoms with Crippen molar-refractivity contribution in [1.29, 1.82) is 0 Å². The van der Waals surface area contributed by atoms with Gasteiger partial charge in [-0.25, -0.2) is 0 Å². The van der Waals surface area contributed by atoms with E-state index in [1.165, 1.54) is 57.8 Å². The highest BCUT2D eigenvalue weighted by molar-refractivity contribution is 4.72. The predicted octanol–water partition coefficient (Wildman–Crippen LogP) is 7.05. The van der Waals surface area contributed by atoms with Crippen LogP contribution in [0.2, 0.25) is 0 Å². The van der Waals surface area contributed by atoms with E-state index in [0.717, 1.165) is 17.8 Å². The minimum Gasteiger partial charge on any atom is -0.0817 e. The largest absolute Gasteiger partial charge is 0.0817 e. The van der Waals surface area contributed by atoms with E-state index in [0.29, 0.717) is 5.92 Å². The lowest BCUT2D eigenvalue weighted by Gasteiger charge is -2.15. The second-order valence-electron chi connectivity index (χ2n) is 7.57. The molecule has 0 aromatic heterocycles. The fourth-order valence-corrected chi connectivity index (χ4v) is 2.86. The summed E-state index contributed by atoms with van der Waals surface area (Å²) in [6.07, 6.45) is 14.3. The Hall–Kier alpha value is -0.260. The Kier molecular flexibility index (Phi) is 12.3. The maximum absolute atomic E-state index is 5.54. The fourth-order valence-electron chi connectivity index (χ4n) is 2.86. The summed E-state index contributed by atoms with van der Waals surface area (Å²) in [5.41, 5.74) is 0. The molecular formula is C20H39. The smallest absolute Gasteiger partial charge is 0.0259 e. The van der Waals surface area contributed by atoms with E-state index in [-0.39, 0.29) is 0 Å².